The third-order valence-electron chi connectivity index (χ3n) is 1.63. The Bertz CT molecular complexity index is 340. The Morgan fingerprint density at radius 1 is 1.38 bits per heavy atom. The van der Waals surface area contributed by atoms with E-state index in [1.54, 1.807) is 23.6 Å². The molecule has 0 radical (unpaired) electrons. The minimum atomic E-state index is -4.40. The average molecular weight is 233 g/mol. The third-order valence-corrected chi connectivity index (χ3v) is 1.63. The van der Waals surface area contributed by atoms with Crippen LogP contribution in [0.4, 0.5) is 18.0 Å². The summed E-state index contributed by atoms with van der Waals surface area (Å²) in [6, 6.07) is 2.52. The van der Waals surface area contributed by atoms with Crippen molar-refractivity contribution in [3.63, 3.8) is 0 Å². The van der Waals surface area contributed by atoms with Crippen LogP contribution in [0.2, 0.25) is 0 Å². The van der Waals surface area contributed by atoms with Crippen molar-refractivity contribution in [2.75, 3.05) is 6.54 Å². The van der Waals surface area contributed by atoms with E-state index in [1.807, 2.05) is 0 Å². The fourth-order valence-corrected chi connectivity index (χ4v) is 0.928. The van der Waals surface area contributed by atoms with Crippen molar-refractivity contribution in [3.05, 3.63) is 30.1 Å². The number of hydrogen-bond donors (Lipinski definition) is 2. The Hall–Kier alpha value is -1.79. The second kappa shape index (κ2) is 5.34. The van der Waals surface area contributed by atoms with Gasteiger partial charge >= 0.3 is 12.2 Å². The summed E-state index contributed by atoms with van der Waals surface area (Å²) >= 11 is 0. The largest absolute Gasteiger partial charge is 0.405 e. The lowest BCUT2D eigenvalue weighted by molar-refractivity contribution is -0.122. The molecular weight excluding hydrogens is 223 g/mol. The van der Waals surface area contributed by atoms with Crippen LogP contribution in [-0.2, 0) is 6.54 Å². The van der Waals surface area contributed by atoms with Crippen LogP contribution in [0.1, 0.15) is 5.56 Å². The third kappa shape index (κ3) is 5.18. The molecule has 16 heavy (non-hydrogen) atoms. The lowest BCUT2D eigenvalue weighted by Gasteiger charge is -2.09. The molecule has 1 aromatic heterocycles. The van der Waals surface area contributed by atoms with Crippen LogP contribution in [0, 0.1) is 0 Å². The topological polar surface area (TPSA) is 54.0 Å². The number of amides is 2. The predicted octanol–water partition coefficient (Wildman–Crippen LogP) is 1.44. The van der Waals surface area contributed by atoms with Gasteiger partial charge in [-0.25, -0.2) is 4.79 Å². The van der Waals surface area contributed by atoms with Crippen molar-refractivity contribution in [2.45, 2.75) is 12.7 Å². The molecule has 0 atom stereocenters. The van der Waals surface area contributed by atoms with Crippen molar-refractivity contribution >= 4 is 6.03 Å². The van der Waals surface area contributed by atoms with Crippen LogP contribution in [0.5, 0.6) is 0 Å². The van der Waals surface area contributed by atoms with Gasteiger partial charge in [-0.05, 0) is 11.6 Å². The van der Waals surface area contributed by atoms with Crippen molar-refractivity contribution in [1.82, 2.24) is 15.6 Å². The zero-order chi connectivity index (χ0) is 12.0. The number of pyridine rings is 1. The summed E-state index contributed by atoms with van der Waals surface area (Å²) in [6.45, 7) is -1.20. The smallest absolute Gasteiger partial charge is 0.334 e. The Kier molecular flexibility index (Phi) is 4.10. The maximum atomic E-state index is 11.7. The van der Waals surface area contributed by atoms with Gasteiger partial charge in [0.25, 0.3) is 0 Å². The highest BCUT2D eigenvalue weighted by Gasteiger charge is 2.27. The van der Waals surface area contributed by atoms with Gasteiger partial charge in [0.1, 0.15) is 6.54 Å². The molecule has 0 fully saturated rings. The fraction of sp³-hybridized carbons (Fsp3) is 0.333. The van der Waals surface area contributed by atoms with E-state index in [0.717, 1.165) is 0 Å². The summed E-state index contributed by atoms with van der Waals surface area (Å²) in [5, 5.41) is 3.98. The fourth-order valence-electron chi connectivity index (χ4n) is 0.928. The van der Waals surface area contributed by atoms with E-state index >= 15 is 0 Å². The molecule has 0 saturated heterocycles. The molecule has 88 valence electrons. The van der Waals surface area contributed by atoms with Crippen LogP contribution in [0.25, 0.3) is 0 Å². The van der Waals surface area contributed by atoms with Gasteiger partial charge in [-0.3, -0.25) is 4.98 Å². The molecule has 0 aromatic carbocycles. The number of rotatable bonds is 3. The Morgan fingerprint density at radius 2 is 2.12 bits per heavy atom. The molecule has 2 amide bonds. The first-order valence-corrected chi connectivity index (χ1v) is 4.45. The standard InChI is InChI=1S/C9H10F3N3O/c10-9(11,12)6-15-8(16)14-5-7-2-1-3-13-4-7/h1-4H,5-6H2,(H2,14,15,16). The molecule has 7 heteroatoms. The van der Waals surface area contributed by atoms with Gasteiger partial charge < -0.3 is 10.6 Å². The SMILES string of the molecule is O=C(NCc1cccnc1)NCC(F)(F)F. The van der Waals surface area contributed by atoms with Gasteiger partial charge in [0.2, 0.25) is 0 Å². The second-order valence-electron chi connectivity index (χ2n) is 3.01. The normalized spacial score (nSPS) is 10.9. The first-order valence-electron chi connectivity index (χ1n) is 4.45. The number of aromatic nitrogens is 1. The van der Waals surface area contributed by atoms with E-state index < -0.39 is 18.8 Å². The van der Waals surface area contributed by atoms with Gasteiger partial charge in [-0.15, -0.1) is 0 Å². The average Bonchev–Trinajstić information content (AvgIpc) is 2.24. The van der Waals surface area contributed by atoms with Crippen molar-refractivity contribution in [1.29, 1.82) is 0 Å². The lowest BCUT2D eigenvalue weighted by atomic mass is 10.3. The molecule has 0 unspecified atom stereocenters. The summed E-state index contributed by atoms with van der Waals surface area (Å²) in [4.78, 5) is 14.7. The number of hydrogen-bond acceptors (Lipinski definition) is 2. The van der Waals surface area contributed by atoms with Crippen LogP contribution in [-0.4, -0.2) is 23.7 Å². The highest BCUT2D eigenvalue weighted by Crippen LogP contribution is 2.11. The Labute approximate surface area is 89.9 Å². The van der Waals surface area contributed by atoms with Crippen LogP contribution in [0.15, 0.2) is 24.5 Å². The summed E-state index contributed by atoms with van der Waals surface area (Å²) in [6.07, 6.45) is -1.32. The molecule has 1 heterocycles. The molecule has 0 aliphatic heterocycles. The monoisotopic (exact) mass is 233 g/mol. The molecule has 0 aliphatic carbocycles. The lowest BCUT2D eigenvalue weighted by Crippen LogP contribution is -2.40. The summed E-state index contributed by atoms with van der Waals surface area (Å²) < 4.78 is 35.2. The maximum Gasteiger partial charge on any atom is 0.405 e. The predicted molar refractivity (Wildman–Crippen MR) is 50.5 cm³/mol. The highest BCUT2D eigenvalue weighted by atomic mass is 19.4. The van der Waals surface area contributed by atoms with E-state index in [0.29, 0.717) is 5.56 Å². The summed E-state index contributed by atoms with van der Waals surface area (Å²) in [5.74, 6) is 0. The molecule has 1 rings (SSSR count). The zero-order valence-electron chi connectivity index (χ0n) is 8.21. The molecule has 0 saturated carbocycles. The highest BCUT2D eigenvalue weighted by molar-refractivity contribution is 5.73. The van der Waals surface area contributed by atoms with Crippen molar-refractivity contribution < 1.29 is 18.0 Å². The number of nitrogens with zero attached hydrogens (tertiary/aromatic N) is 1. The summed E-state index contributed by atoms with van der Waals surface area (Å²) in [5.41, 5.74) is 0.713. The number of carbonyl (C=O) groups excluding carboxylic acids is 1. The van der Waals surface area contributed by atoms with Crippen molar-refractivity contribution in [3.8, 4) is 0 Å². The zero-order valence-corrected chi connectivity index (χ0v) is 8.21. The molecule has 0 aliphatic rings. The molecule has 1 aromatic rings. The quantitative estimate of drug-likeness (QED) is 0.830. The first kappa shape index (κ1) is 12.3. The van der Waals surface area contributed by atoms with Gasteiger partial charge in [0, 0.05) is 18.9 Å². The second-order valence-corrected chi connectivity index (χ2v) is 3.01. The molecule has 0 spiro atoms. The van der Waals surface area contributed by atoms with E-state index in [9.17, 15) is 18.0 Å². The number of halogens is 3. The summed E-state index contributed by atoms with van der Waals surface area (Å²) in [7, 11) is 0. The van der Waals surface area contributed by atoms with Crippen molar-refractivity contribution in [2.24, 2.45) is 0 Å². The minimum absolute atomic E-state index is 0.136. The molecule has 0 bridgehead atoms. The first-order chi connectivity index (χ1) is 7.47. The van der Waals surface area contributed by atoms with Crippen LogP contribution < -0.4 is 10.6 Å². The molecule has 4 nitrogen and oxygen atoms in total. The Morgan fingerprint density at radius 3 is 2.69 bits per heavy atom. The van der Waals surface area contributed by atoms with Gasteiger partial charge in [-0.1, -0.05) is 6.07 Å². The van der Waals surface area contributed by atoms with E-state index in [1.165, 1.54) is 6.20 Å². The van der Waals surface area contributed by atoms with Gasteiger partial charge in [-0.2, -0.15) is 13.2 Å². The van der Waals surface area contributed by atoms with Gasteiger partial charge in [0.05, 0.1) is 0 Å². The number of alkyl halides is 3. The van der Waals surface area contributed by atoms with E-state index in [4.69, 9.17) is 0 Å². The number of nitrogens with one attached hydrogen (secondary N) is 2. The Balaban J connectivity index is 2.26. The molecule has 2 N–H and O–H groups in total. The number of carbonyl (C=O) groups is 1. The minimum Gasteiger partial charge on any atom is -0.334 e. The number of urea groups is 1. The van der Waals surface area contributed by atoms with Crippen LogP contribution in [0.3, 0.4) is 0 Å². The maximum absolute atomic E-state index is 11.7. The van der Waals surface area contributed by atoms with Gasteiger partial charge in [0.15, 0.2) is 0 Å². The van der Waals surface area contributed by atoms with E-state index in [2.05, 4.69) is 10.3 Å². The molecular formula is C9H10F3N3O. The van der Waals surface area contributed by atoms with Crippen LogP contribution >= 0.6 is 0 Å². The van der Waals surface area contributed by atoms with E-state index in [-0.39, 0.29) is 6.54 Å².